The van der Waals surface area contributed by atoms with Crippen molar-refractivity contribution in [3.8, 4) is 5.75 Å². The number of carbonyl (C=O) groups is 1. The monoisotopic (exact) mass is 448 g/mol. The molecule has 0 aliphatic carbocycles. The van der Waals surface area contributed by atoms with Crippen molar-refractivity contribution >= 4 is 5.91 Å². The number of ether oxygens (including phenoxy) is 1. The summed E-state index contributed by atoms with van der Waals surface area (Å²) in [4.78, 5) is 15.0. The molecule has 6 heteroatoms. The Morgan fingerprint density at radius 1 is 1.00 bits per heavy atom. The number of hydrogen-bond donors (Lipinski definition) is 2. The van der Waals surface area contributed by atoms with Gasteiger partial charge in [-0.1, -0.05) is 42.5 Å². The molecule has 0 saturated carbocycles. The number of aliphatic hydroxyl groups excluding tert-OH is 1. The molecule has 1 saturated heterocycles. The zero-order valence-corrected chi connectivity index (χ0v) is 18.5. The Morgan fingerprint density at radius 3 is 2.45 bits per heavy atom. The molecule has 0 spiro atoms. The van der Waals surface area contributed by atoms with E-state index in [1.54, 1.807) is 36.4 Å². The molecule has 5 nitrogen and oxygen atoms in total. The second kappa shape index (κ2) is 11.1. The van der Waals surface area contributed by atoms with E-state index in [2.05, 4.69) is 10.2 Å². The van der Waals surface area contributed by atoms with Crippen molar-refractivity contribution in [2.45, 2.75) is 38.1 Å². The smallest absolute Gasteiger partial charge is 0.251 e. The molecule has 2 N–H and O–H groups in total. The average Bonchev–Trinajstić information content (AvgIpc) is 3.01. The van der Waals surface area contributed by atoms with Crippen LogP contribution >= 0.6 is 0 Å². The van der Waals surface area contributed by atoms with Crippen molar-refractivity contribution < 1.29 is 19.0 Å². The van der Waals surface area contributed by atoms with Gasteiger partial charge in [0.15, 0.2) is 0 Å². The van der Waals surface area contributed by atoms with Crippen molar-refractivity contribution in [2.24, 2.45) is 0 Å². The molecule has 2 unspecified atom stereocenters. The summed E-state index contributed by atoms with van der Waals surface area (Å²) in [5.74, 6) is 0.208. The summed E-state index contributed by atoms with van der Waals surface area (Å²) < 4.78 is 19.0. The molecule has 1 aliphatic heterocycles. The van der Waals surface area contributed by atoms with Crippen LogP contribution < -0.4 is 10.1 Å². The lowest BCUT2D eigenvalue weighted by atomic mass is 10.1. The zero-order valence-electron chi connectivity index (χ0n) is 18.5. The highest BCUT2D eigenvalue weighted by Crippen LogP contribution is 2.17. The van der Waals surface area contributed by atoms with E-state index in [0.29, 0.717) is 37.4 Å². The molecule has 3 aromatic rings. The number of carbonyl (C=O) groups excluding carboxylic acids is 1. The van der Waals surface area contributed by atoms with Gasteiger partial charge in [0.05, 0.1) is 12.1 Å². The third-order valence-electron chi connectivity index (χ3n) is 5.89. The Kier molecular flexibility index (Phi) is 7.70. The fourth-order valence-electron chi connectivity index (χ4n) is 4.04. The molecule has 1 amide bonds. The maximum atomic E-state index is 13.2. The molecular weight excluding hydrogens is 419 g/mol. The van der Waals surface area contributed by atoms with Crippen LogP contribution in [0.15, 0.2) is 78.9 Å². The summed E-state index contributed by atoms with van der Waals surface area (Å²) in [5, 5.41) is 13.6. The van der Waals surface area contributed by atoms with E-state index in [-0.39, 0.29) is 17.8 Å². The number of hydrogen-bond acceptors (Lipinski definition) is 4. The second-order valence-corrected chi connectivity index (χ2v) is 8.45. The van der Waals surface area contributed by atoms with Crippen LogP contribution in [0.4, 0.5) is 4.39 Å². The standard InChI is InChI=1S/C27H29FN2O3/c28-23-12-8-20(9-13-23)17-30-16-4-7-26(31)25(18-30)29-27(32)22-10-14-24(15-11-22)33-19-21-5-2-1-3-6-21/h1-3,5-6,8-15,25-26,31H,4,7,16-19H2,(H,29,32). The molecule has 1 aliphatic rings. The number of aliphatic hydroxyl groups is 1. The number of nitrogens with one attached hydrogen (secondary N) is 1. The van der Waals surface area contributed by atoms with Crippen molar-refractivity contribution in [2.75, 3.05) is 13.1 Å². The summed E-state index contributed by atoms with van der Waals surface area (Å²) in [6.07, 6.45) is 0.847. The largest absolute Gasteiger partial charge is 0.489 e. The zero-order chi connectivity index (χ0) is 23.0. The fourth-order valence-corrected chi connectivity index (χ4v) is 4.04. The maximum Gasteiger partial charge on any atom is 0.251 e. The van der Waals surface area contributed by atoms with Crippen molar-refractivity contribution in [1.29, 1.82) is 0 Å². The van der Waals surface area contributed by atoms with Crippen molar-refractivity contribution in [1.82, 2.24) is 10.2 Å². The first-order chi connectivity index (χ1) is 16.1. The van der Waals surface area contributed by atoms with E-state index in [4.69, 9.17) is 4.74 Å². The highest BCUT2D eigenvalue weighted by Gasteiger charge is 2.27. The number of halogens is 1. The third kappa shape index (κ3) is 6.63. The number of benzene rings is 3. The van der Waals surface area contributed by atoms with E-state index in [1.165, 1.54) is 12.1 Å². The number of amides is 1. The van der Waals surface area contributed by atoms with Crippen LogP contribution in [0.2, 0.25) is 0 Å². The van der Waals surface area contributed by atoms with Crippen molar-refractivity contribution in [3.63, 3.8) is 0 Å². The number of rotatable bonds is 7. The summed E-state index contributed by atoms with van der Waals surface area (Å²) >= 11 is 0. The lowest BCUT2D eigenvalue weighted by molar-refractivity contribution is 0.0798. The summed E-state index contributed by atoms with van der Waals surface area (Å²) in [5.41, 5.74) is 2.60. The van der Waals surface area contributed by atoms with Crippen LogP contribution in [0.1, 0.15) is 34.3 Å². The average molecular weight is 449 g/mol. The molecule has 4 rings (SSSR count). The Balaban J connectivity index is 1.33. The summed E-state index contributed by atoms with van der Waals surface area (Å²) in [6.45, 7) is 2.45. The van der Waals surface area contributed by atoms with Gasteiger partial charge in [-0.3, -0.25) is 9.69 Å². The topological polar surface area (TPSA) is 61.8 Å². The van der Waals surface area contributed by atoms with Gasteiger partial charge in [0, 0.05) is 18.7 Å². The van der Waals surface area contributed by atoms with Gasteiger partial charge in [-0.25, -0.2) is 4.39 Å². The normalized spacial score (nSPS) is 19.0. The van der Waals surface area contributed by atoms with Gasteiger partial charge < -0.3 is 15.2 Å². The quantitative estimate of drug-likeness (QED) is 0.570. The molecule has 0 radical (unpaired) electrons. The molecule has 1 heterocycles. The van der Waals surface area contributed by atoms with Crippen molar-refractivity contribution in [3.05, 3.63) is 101 Å². The van der Waals surface area contributed by atoms with E-state index >= 15 is 0 Å². The van der Waals surface area contributed by atoms with Gasteiger partial charge in [0.25, 0.3) is 5.91 Å². The molecule has 3 aromatic carbocycles. The Bertz CT molecular complexity index is 1030. The van der Waals surface area contributed by atoms with E-state index < -0.39 is 6.10 Å². The van der Waals surface area contributed by atoms with Gasteiger partial charge in [-0.15, -0.1) is 0 Å². The maximum absolute atomic E-state index is 13.2. The van der Waals surface area contributed by atoms with Crippen LogP contribution in [-0.4, -0.2) is 41.1 Å². The van der Waals surface area contributed by atoms with Crippen LogP contribution in [0.25, 0.3) is 0 Å². The minimum Gasteiger partial charge on any atom is -0.489 e. The van der Waals surface area contributed by atoms with Crippen LogP contribution in [0.5, 0.6) is 5.75 Å². The molecule has 1 fully saturated rings. The second-order valence-electron chi connectivity index (χ2n) is 8.45. The van der Waals surface area contributed by atoms with E-state index in [9.17, 15) is 14.3 Å². The lowest BCUT2D eigenvalue weighted by Gasteiger charge is -2.27. The summed E-state index contributed by atoms with van der Waals surface area (Å²) in [7, 11) is 0. The molecule has 0 bridgehead atoms. The Hall–Kier alpha value is -3.22. The van der Waals surface area contributed by atoms with Gasteiger partial charge in [0.1, 0.15) is 18.2 Å². The molecule has 33 heavy (non-hydrogen) atoms. The van der Waals surface area contributed by atoms with Gasteiger partial charge in [-0.05, 0) is 66.9 Å². The van der Waals surface area contributed by atoms with E-state index in [1.807, 2.05) is 30.3 Å². The first-order valence-corrected chi connectivity index (χ1v) is 11.3. The highest BCUT2D eigenvalue weighted by atomic mass is 19.1. The molecule has 172 valence electrons. The summed E-state index contributed by atoms with van der Waals surface area (Å²) in [6, 6.07) is 23.0. The predicted molar refractivity (Wildman–Crippen MR) is 125 cm³/mol. The number of likely N-dealkylation sites (tertiary alicyclic amines) is 1. The number of nitrogens with zero attached hydrogens (tertiary/aromatic N) is 1. The molecule has 2 atom stereocenters. The minimum absolute atomic E-state index is 0.225. The van der Waals surface area contributed by atoms with Gasteiger partial charge in [-0.2, -0.15) is 0 Å². The van der Waals surface area contributed by atoms with Crippen LogP contribution in [0.3, 0.4) is 0 Å². The predicted octanol–water partition coefficient (Wildman–Crippen LogP) is 4.16. The van der Waals surface area contributed by atoms with Gasteiger partial charge >= 0.3 is 0 Å². The third-order valence-corrected chi connectivity index (χ3v) is 5.89. The molecular formula is C27H29FN2O3. The van der Waals surface area contributed by atoms with Gasteiger partial charge in [0.2, 0.25) is 0 Å². The first-order valence-electron chi connectivity index (χ1n) is 11.3. The molecule has 0 aromatic heterocycles. The van der Waals surface area contributed by atoms with Crippen LogP contribution in [0, 0.1) is 5.82 Å². The fraction of sp³-hybridized carbons (Fsp3) is 0.296. The first kappa shape index (κ1) is 23.0. The lowest BCUT2D eigenvalue weighted by Crippen LogP contribution is -2.48. The SMILES string of the molecule is O=C(NC1CN(Cc2ccc(F)cc2)CCCC1O)c1ccc(OCc2ccccc2)cc1. The Labute approximate surface area is 193 Å². The highest BCUT2D eigenvalue weighted by molar-refractivity contribution is 5.94. The minimum atomic E-state index is -0.611. The van der Waals surface area contributed by atoms with Crippen LogP contribution in [-0.2, 0) is 13.2 Å². The van der Waals surface area contributed by atoms with E-state index in [0.717, 1.165) is 24.1 Å². The Morgan fingerprint density at radius 2 is 1.73 bits per heavy atom.